The molecule has 0 radical (unpaired) electrons. The first-order valence-electron chi connectivity index (χ1n) is 5.97. The van der Waals surface area contributed by atoms with Crippen LogP contribution in [0.25, 0.3) is 0 Å². The van der Waals surface area contributed by atoms with Crippen molar-refractivity contribution in [3.63, 3.8) is 0 Å². The Labute approximate surface area is 126 Å². The van der Waals surface area contributed by atoms with Crippen LogP contribution in [0.5, 0.6) is 11.5 Å². The molecule has 0 bridgehead atoms. The second-order valence-electron chi connectivity index (χ2n) is 3.81. The predicted octanol–water partition coefficient (Wildman–Crippen LogP) is 2.08. The molecule has 20 heavy (non-hydrogen) atoms. The minimum absolute atomic E-state index is 0.305. The number of hydrogen-bond donors (Lipinski definition) is 1. The number of ether oxygens (including phenoxy) is 3. The van der Waals surface area contributed by atoms with Crippen LogP contribution in [0.2, 0.25) is 0 Å². The van der Waals surface area contributed by atoms with Gasteiger partial charge in [-0.25, -0.2) is 4.79 Å². The Morgan fingerprint density at radius 3 is 2.75 bits per heavy atom. The summed E-state index contributed by atoms with van der Waals surface area (Å²) in [6.07, 6.45) is 0.746. The molecule has 0 saturated heterocycles. The lowest BCUT2D eigenvalue weighted by Crippen LogP contribution is -2.26. The molecule has 110 valence electrons. The molecule has 1 aromatic rings. The zero-order chi connectivity index (χ0) is 15.1. The molecule has 1 aromatic carbocycles. The number of halogens is 1. The van der Waals surface area contributed by atoms with Gasteiger partial charge in [0, 0.05) is 10.0 Å². The molecule has 1 unspecified atom stereocenters. The van der Waals surface area contributed by atoms with Crippen LogP contribution >= 0.6 is 15.9 Å². The first-order chi connectivity index (χ1) is 9.53. The number of carbonyl (C=O) groups excluding carboxylic acids is 1. The molecule has 7 heteroatoms. The van der Waals surface area contributed by atoms with Gasteiger partial charge in [0.1, 0.15) is 0 Å². The van der Waals surface area contributed by atoms with Gasteiger partial charge in [-0.3, -0.25) is 0 Å². The highest BCUT2D eigenvalue weighted by Crippen LogP contribution is 2.33. The summed E-state index contributed by atoms with van der Waals surface area (Å²) in [5.74, 6) is 5.59. The van der Waals surface area contributed by atoms with Crippen LogP contribution in [0.3, 0.4) is 0 Å². The normalized spacial score (nSPS) is 12.2. The van der Waals surface area contributed by atoms with Gasteiger partial charge >= 0.3 is 5.97 Å². The first kappa shape index (κ1) is 16.3. The molecule has 0 aromatic heterocycles. The number of nitrogens with two attached hydrogens (primary N) is 1. The zero-order valence-electron chi connectivity index (χ0n) is 11.6. The van der Waals surface area contributed by atoms with Crippen molar-refractivity contribution >= 4 is 28.1 Å². The minimum Gasteiger partial charge on any atom is -0.493 e. The Balaban J connectivity index is 3.00. The van der Waals surface area contributed by atoms with Gasteiger partial charge in [-0.05, 0) is 41.9 Å². The smallest absolute Gasteiger partial charge is 0.347 e. The Morgan fingerprint density at radius 2 is 2.20 bits per heavy atom. The van der Waals surface area contributed by atoms with Crippen molar-refractivity contribution in [2.24, 2.45) is 10.9 Å². The Morgan fingerprint density at radius 1 is 1.50 bits per heavy atom. The van der Waals surface area contributed by atoms with E-state index in [2.05, 4.69) is 21.0 Å². The van der Waals surface area contributed by atoms with E-state index in [0.29, 0.717) is 18.1 Å². The molecular formula is C13H17BrN2O4. The standard InChI is InChI=1S/C13H17BrN2O4/c1-4-19-13(17)8(2)20-12-6-10(14)9(7-16-15)5-11(12)18-3/h5-8H,4,15H2,1-3H3. The molecule has 2 N–H and O–H groups in total. The van der Waals surface area contributed by atoms with Crippen molar-refractivity contribution in [2.45, 2.75) is 20.0 Å². The maximum atomic E-state index is 11.6. The van der Waals surface area contributed by atoms with E-state index in [4.69, 9.17) is 20.1 Å². The third-order valence-corrected chi connectivity index (χ3v) is 3.11. The largest absolute Gasteiger partial charge is 0.493 e. The van der Waals surface area contributed by atoms with E-state index < -0.39 is 12.1 Å². The van der Waals surface area contributed by atoms with Gasteiger partial charge in [0.05, 0.1) is 19.9 Å². The fourth-order valence-corrected chi connectivity index (χ4v) is 1.90. The summed E-state index contributed by atoms with van der Waals surface area (Å²) < 4.78 is 16.4. The fourth-order valence-electron chi connectivity index (χ4n) is 1.48. The van der Waals surface area contributed by atoms with Crippen molar-refractivity contribution in [1.82, 2.24) is 0 Å². The van der Waals surface area contributed by atoms with E-state index in [1.54, 1.807) is 26.0 Å². The van der Waals surface area contributed by atoms with Gasteiger partial charge in [0.25, 0.3) is 0 Å². The summed E-state index contributed by atoms with van der Waals surface area (Å²) in [4.78, 5) is 11.6. The summed E-state index contributed by atoms with van der Waals surface area (Å²) in [5.41, 5.74) is 0.737. The number of rotatable bonds is 6. The molecule has 0 heterocycles. The highest BCUT2D eigenvalue weighted by Gasteiger charge is 2.19. The van der Waals surface area contributed by atoms with Crippen LogP contribution < -0.4 is 15.3 Å². The van der Waals surface area contributed by atoms with Crippen LogP contribution in [0.4, 0.5) is 0 Å². The van der Waals surface area contributed by atoms with Crippen LogP contribution in [0.1, 0.15) is 19.4 Å². The van der Waals surface area contributed by atoms with Gasteiger partial charge in [-0.15, -0.1) is 0 Å². The lowest BCUT2D eigenvalue weighted by Gasteiger charge is -2.16. The highest BCUT2D eigenvalue weighted by atomic mass is 79.9. The van der Waals surface area contributed by atoms with Crippen LogP contribution in [0.15, 0.2) is 21.7 Å². The molecule has 0 aliphatic rings. The third kappa shape index (κ3) is 4.12. The molecule has 0 aliphatic carbocycles. The molecule has 0 saturated carbocycles. The second kappa shape index (κ2) is 7.74. The SMILES string of the molecule is CCOC(=O)C(C)Oc1cc(Br)c(C=NN)cc1OC. The average Bonchev–Trinajstić information content (AvgIpc) is 2.42. The number of hydrogen-bond acceptors (Lipinski definition) is 6. The summed E-state index contributed by atoms with van der Waals surface area (Å²) >= 11 is 3.37. The molecule has 6 nitrogen and oxygen atoms in total. The van der Waals surface area contributed by atoms with E-state index in [1.165, 1.54) is 13.3 Å². The molecule has 0 aliphatic heterocycles. The number of carbonyl (C=O) groups is 1. The minimum atomic E-state index is -0.732. The fraction of sp³-hybridized carbons (Fsp3) is 0.385. The van der Waals surface area contributed by atoms with E-state index >= 15 is 0 Å². The van der Waals surface area contributed by atoms with Crippen LogP contribution in [-0.2, 0) is 9.53 Å². The zero-order valence-corrected chi connectivity index (χ0v) is 13.1. The maximum absolute atomic E-state index is 11.6. The second-order valence-corrected chi connectivity index (χ2v) is 4.67. The number of nitrogens with zero attached hydrogens (tertiary/aromatic N) is 1. The average molecular weight is 345 g/mol. The van der Waals surface area contributed by atoms with Crippen LogP contribution in [0, 0.1) is 0 Å². The number of methoxy groups -OCH3 is 1. The topological polar surface area (TPSA) is 83.1 Å². The monoisotopic (exact) mass is 344 g/mol. The molecular weight excluding hydrogens is 328 g/mol. The van der Waals surface area contributed by atoms with E-state index in [0.717, 1.165) is 10.0 Å². The van der Waals surface area contributed by atoms with E-state index in [1.807, 2.05) is 0 Å². The Hall–Kier alpha value is -1.76. The van der Waals surface area contributed by atoms with Gasteiger partial charge in [-0.1, -0.05) is 0 Å². The van der Waals surface area contributed by atoms with Gasteiger partial charge in [-0.2, -0.15) is 5.10 Å². The summed E-state index contributed by atoms with van der Waals surface area (Å²) in [6, 6.07) is 3.39. The lowest BCUT2D eigenvalue weighted by atomic mass is 10.2. The maximum Gasteiger partial charge on any atom is 0.347 e. The van der Waals surface area contributed by atoms with Crippen molar-refractivity contribution < 1.29 is 19.0 Å². The molecule has 0 spiro atoms. The number of benzene rings is 1. The summed E-state index contributed by atoms with van der Waals surface area (Å²) in [7, 11) is 1.51. The summed E-state index contributed by atoms with van der Waals surface area (Å²) in [6.45, 7) is 3.66. The van der Waals surface area contributed by atoms with Gasteiger partial charge in [0.15, 0.2) is 17.6 Å². The molecule has 1 atom stereocenters. The molecule has 0 fully saturated rings. The van der Waals surface area contributed by atoms with Crippen molar-refractivity contribution in [1.29, 1.82) is 0 Å². The number of esters is 1. The molecule has 1 rings (SSSR count). The quantitative estimate of drug-likeness (QED) is 0.369. The lowest BCUT2D eigenvalue weighted by molar-refractivity contribution is -0.150. The highest BCUT2D eigenvalue weighted by molar-refractivity contribution is 9.10. The van der Waals surface area contributed by atoms with E-state index in [9.17, 15) is 4.79 Å². The van der Waals surface area contributed by atoms with Crippen molar-refractivity contribution in [2.75, 3.05) is 13.7 Å². The Kier molecular flexibility index (Phi) is 6.30. The summed E-state index contributed by atoms with van der Waals surface area (Å²) in [5, 5.41) is 3.46. The molecule has 0 amide bonds. The van der Waals surface area contributed by atoms with Crippen molar-refractivity contribution in [3.8, 4) is 11.5 Å². The first-order valence-corrected chi connectivity index (χ1v) is 6.76. The predicted molar refractivity (Wildman–Crippen MR) is 79.2 cm³/mol. The van der Waals surface area contributed by atoms with E-state index in [-0.39, 0.29) is 0 Å². The van der Waals surface area contributed by atoms with Gasteiger partial charge < -0.3 is 20.1 Å². The van der Waals surface area contributed by atoms with Crippen LogP contribution in [-0.4, -0.2) is 32.0 Å². The van der Waals surface area contributed by atoms with Crippen molar-refractivity contribution in [3.05, 3.63) is 22.2 Å². The van der Waals surface area contributed by atoms with Gasteiger partial charge in [0.2, 0.25) is 0 Å². The Bertz CT molecular complexity index is 505. The third-order valence-electron chi connectivity index (χ3n) is 2.42. The number of hydrazone groups is 1.